The lowest BCUT2D eigenvalue weighted by molar-refractivity contribution is 0.102. The number of carbonyl (C=O) groups is 1. The van der Waals surface area contributed by atoms with E-state index in [0.717, 1.165) is 38.5 Å². The Morgan fingerprint density at radius 2 is 1.93 bits per heavy atom. The van der Waals surface area contributed by atoms with Crippen molar-refractivity contribution in [3.63, 3.8) is 0 Å². The lowest BCUT2D eigenvalue weighted by atomic mass is 10.0. The van der Waals surface area contributed by atoms with E-state index in [4.69, 9.17) is 4.42 Å². The van der Waals surface area contributed by atoms with Gasteiger partial charge in [0.05, 0.1) is 4.90 Å². The maximum Gasteiger partial charge on any atom is 0.322 e. The van der Waals surface area contributed by atoms with Gasteiger partial charge in [0.25, 0.3) is 5.91 Å². The topological polar surface area (TPSA) is 105 Å². The zero-order valence-corrected chi connectivity index (χ0v) is 16.6. The van der Waals surface area contributed by atoms with Crippen LogP contribution in [0.2, 0.25) is 0 Å². The van der Waals surface area contributed by atoms with Crippen LogP contribution < -0.4 is 5.32 Å². The van der Waals surface area contributed by atoms with Crippen LogP contribution in [0.25, 0.3) is 0 Å². The van der Waals surface area contributed by atoms with Gasteiger partial charge in [0.2, 0.25) is 15.9 Å². The highest BCUT2D eigenvalue weighted by Gasteiger charge is 2.32. The number of nitrogens with one attached hydrogen (secondary N) is 1. The third-order valence-corrected chi connectivity index (χ3v) is 7.32. The summed E-state index contributed by atoms with van der Waals surface area (Å²) in [5.41, 5.74) is 0.329. The smallest absolute Gasteiger partial charge is 0.322 e. The number of hydrogen-bond acceptors (Lipinski definition) is 6. The fourth-order valence-electron chi connectivity index (χ4n) is 3.56. The maximum atomic E-state index is 13.0. The van der Waals surface area contributed by atoms with Crippen LogP contribution >= 0.6 is 0 Å². The van der Waals surface area contributed by atoms with E-state index >= 15 is 0 Å². The number of nitrogens with zero attached hydrogens (tertiary/aromatic N) is 3. The van der Waals surface area contributed by atoms with Gasteiger partial charge in [-0.05, 0) is 56.4 Å². The largest absolute Gasteiger partial charge is 0.408 e. The van der Waals surface area contributed by atoms with Crippen LogP contribution in [0.1, 0.15) is 67.6 Å². The Morgan fingerprint density at radius 1 is 1.18 bits per heavy atom. The molecule has 8 nitrogen and oxygen atoms in total. The Balaban J connectivity index is 1.47. The summed E-state index contributed by atoms with van der Waals surface area (Å²) in [4.78, 5) is 12.6. The van der Waals surface area contributed by atoms with Crippen molar-refractivity contribution in [2.45, 2.75) is 62.3 Å². The molecule has 2 heterocycles. The molecule has 1 aliphatic carbocycles. The van der Waals surface area contributed by atoms with Crippen molar-refractivity contribution >= 4 is 21.9 Å². The minimum Gasteiger partial charge on any atom is -0.408 e. The van der Waals surface area contributed by atoms with Crippen molar-refractivity contribution in [2.75, 3.05) is 11.9 Å². The third-order valence-electron chi connectivity index (χ3n) is 5.36. The summed E-state index contributed by atoms with van der Waals surface area (Å²) in [5.74, 6) is 0.437. The molecule has 9 heteroatoms. The van der Waals surface area contributed by atoms with Crippen LogP contribution in [0.5, 0.6) is 0 Å². The molecule has 28 heavy (non-hydrogen) atoms. The molecule has 2 aromatic rings. The first kappa shape index (κ1) is 19.1. The summed E-state index contributed by atoms with van der Waals surface area (Å²) in [5, 5.41) is 10.3. The molecule has 2 aliphatic rings. The van der Waals surface area contributed by atoms with E-state index in [1.807, 2.05) is 6.92 Å². The molecule has 0 spiro atoms. The van der Waals surface area contributed by atoms with Gasteiger partial charge in [-0.1, -0.05) is 18.4 Å². The minimum absolute atomic E-state index is 0.0416. The molecule has 1 amide bonds. The number of amides is 1. The van der Waals surface area contributed by atoms with E-state index in [2.05, 4.69) is 15.5 Å². The second-order valence-electron chi connectivity index (χ2n) is 7.37. The molecule has 0 radical (unpaired) electrons. The summed E-state index contributed by atoms with van der Waals surface area (Å²) in [6, 6.07) is 6.07. The van der Waals surface area contributed by atoms with Gasteiger partial charge in [-0.15, -0.1) is 5.10 Å². The molecule has 1 aromatic heterocycles. The summed E-state index contributed by atoms with van der Waals surface area (Å²) in [6.07, 6.45) is 5.68. The van der Waals surface area contributed by atoms with Crippen LogP contribution in [0.15, 0.2) is 33.6 Å². The van der Waals surface area contributed by atoms with Crippen molar-refractivity contribution in [1.82, 2.24) is 14.5 Å². The van der Waals surface area contributed by atoms with Crippen LogP contribution in [0.4, 0.5) is 6.01 Å². The molecule has 1 atom stereocenters. The van der Waals surface area contributed by atoms with Crippen molar-refractivity contribution in [1.29, 1.82) is 0 Å². The van der Waals surface area contributed by atoms with Crippen LogP contribution in [-0.4, -0.2) is 41.4 Å². The molecular formula is C19H24N4O4S. The number of rotatable bonds is 6. The molecule has 1 saturated heterocycles. The Hall–Kier alpha value is -2.26. The molecule has 1 aliphatic heterocycles. The van der Waals surface area contributed by atoms with Gasteiger partial charge in [-0.3, -0.25) is 10.1 Å². The standard InChI is InChI=1S/C19H24N4O4S/c1-2-15-5-3-4-12-23(15)28(25,26)16-10-8-13(9-11-16)17(24)20-19-22-21-18(27-19)14-6-7-14/h8-11,14-15H,2-7,12H2,1H3,(H,20,22,24)/t15-/m1/s1. The predicted molar refractivity (Wildman–Crippen MR) is 102 cm³/mol. The summed E-state index contributed by atoms with van der Waals surface area (Å²) in [7, 11) is -3.56. The van der Waals surface area contributed by atoms with Gasteiger partial charge in [-0.2, -0.15) is 4.31 Å². The Kier molecular flexibility index (Phi) is 5.20. The van der Waals surface area contributed by atoms with E-state index in [-0.39, 0.29) is 17.0 Å². The molecule has 1 N–H and O–H groups in total. The van der Waals surface area contributed by atoms with E-state index in [0.29, 0.717) is 23.9 Å². The summed E-state index contributed by atoms with van der Waals surface area (Å²) < 4.78 is 33.0. The number of carbonyl (C=O) groups excluding carboxylic acids is 1. The first-order valence-electron chi connectivity index (χ1n) is 9.75. The lowest BCUT2D eigenvalue weighted by Gasteiger charge is -2.34. The van der Waals surface area contributed by atoms with Crippen molar-refractivity contribution in [2.24, 2.45) is 0 Å². The van der Waals surface area contributed by atoms with Crippen molar-refractivity contribution in [3.05, 3.63) is 35.7 Å². The first-order valence-corrected chi connectivity index (χ1v) is 11.2. The van der Waals surface area contributed by atoms with Crippen molar-refractivity contribution < 1.29 is 17.6 Å². The maximum absolute atomic E-state index is 13.0. The Labute approximate surface area is 164 Å². The molecule has 1 aromatic carbocycles. The fourth-order valence-corrected chi connectivity index (χ4v) is 5.33. The van der Waals surface area contributed by atoms with Gasteiger partial charge in [-0.25, -0.2) is 8.42 Å². The molecular weight excluding hydrogens is 380 g/mol. The van der Waals surface area contributed by atoms with E-state index in [1.54, 1.807) is 4.31 Å². The van der Waals surface area contributed by atoms with Crippen LogP contribution in [0, 0.1) is 0 Å². The number of aromatic nitrogens is 2. The first-order chi connectivity index (χ1) is 13.5. The number of benzene rings is 1. The molecule has 150 valence electrons. The molecule has 0 unspecified atom stereocenters. The summed E-state index contributed by atoms with van der Waals surface area (Å²) >= 11 is 0. The Morgan fingerprint density at radius 3 is 2.61 bits per heavy atom. The van der Waals surface area contributed by atoms with E-state index < -0.39 is 15.9 Å². The zero-order chi connectivity index (χ0) is 19.7. The van der Waals surface area contributed by atoms with Crippen molar-refractivity contribution in [3.8, 4) is 0 Å². The minimum atomic E-state index is -3.56. The van der Waals surface area contributed by atoms with Crippen LogP contribution in [-0.2, 0) is 10.0 Å². The fraction of sp³-hybridized carbons (Fsp3) is 0.526. The monoisotopic (exact) mass is 404 g/mol. The lowest BCUT2D eigenvalue weighted by Crippen LogP contribution is -2.43. The average molecular weight is 404 g/mol. The number of anilines is 1. The number of hydrogen-bond donors (Lipinski definition) is 1. The normalized spacial score (nSPS) is 20.8. The Bertz CT molecular complexity index is 951. The highest BCUT2D eigenvalue weighted by atomic mass is 32.2. The SMILES string of the molecule is CC[C@@H]1CCCCN1S(=O)(=O)c1ccc(C(=O)Nc2nnc(C3CC3)o2)cc1. The molecule has 1 saturated carbocycles. The average Bonchev–Trinajstić information content (AvgIpc) is 3.47. The second kappa shape index (κ2) is 7.63. The summed E-state index contributed by atoms with van der Waals surface area (Å²) in [6.45, 7) is 2.56. The second-order valence-corrected chi connectivity index (χ2v) is 9.26. The quantitative estimate of drug-likeness (QED) is 0.793. The van der Waals surface area contributed by atoms with Gasteiger partial charge in [0.15, 0.2) is 0 Å². The van der Waals surface area contributed by atoms with Gasteiger partial charge in [0.1, 0.15) is 0 Å². The number of piperidine rings is 1. The third kappa shape index (κ3) is 3.81. The van der Waals surface area contributed by atoms with Gasteiger partial charge in [0, 0.05) is 24.1 Å². The highest BCUT2D eigenvalue weighted by molar-refractivity contribution is 7.89. The predicted octanol–water partition coefficient (Wildman–Crippen LogP) is 3.15. The highest BCUT2D eigenvalue weighted by Crippen LogP contribution is 2.39. The van der Waals surface area contributed by atoms with Gasteiger partial charge < -0.3 is 4.42 Å². The molecule has 0 bridgehead atoms. The zero-order valence-electron chi connectivity index (χ0n) is 15.8. The molecule has 2 fully saturated rings. The number of sulfonamides is 1. The van der Waals surface area contributed by atoms with Gasteiger partial charge >= 0.3 is 6.01 Å². The van der Waals surface area contributed by atoms with E-state index in [9.17, 15) is 13.2 Å². The van der Waals surface area contributed by atoms with E-state index in [1.165, 1.54) is 24.3 Å². The van der Waals surface area contributed by atoms with Crippen LogP contribution in [0.3, 0.4) is 0 Å². The molecule has 4 rings (SSSR count).